The molecule has 4 aliphatic heterocycles. The molecule has 1 aliphatic carbocycles. The molecule has 22 heteroatoms. The zero-order valence-electron chi connectivity index (χ0n) is 54.5. The molecule has 6 heterocycles. The summed E-state index contributed by atoms with van der Waals surface area (Å²) in [6, 6.07) is 23.4. The van der Waals surface area contributed by atoms with Gasteiger partial charge in [0.25, 0.3) is 0 Å². The largest absolute Gasteiger partial charge is 0.508 e. The molecule has 2 aromatic heterocycles. The molecule has 5 aliphatic rings. The van der Waals surface area contributed by atoms with Gasteiger partial charge in [-0.15, -0.1) is 11.3 Å². The first-order chi connectivity index (χ1) is 45.5. The Morgan fingerprint density at radius 2 is 1.41 bits per heavy atom. The number of nitrogens with one attached hydrogen (secondary N) is 2. The summed E-state index contributed by atoms with van der Waals surface area (Å²) >= 11 is 1.60. The van der Waals surface area contributed by atoms with Gasteiger partial charge < -0.3 is 68.5 Å². The third-order valence-corrected chi connectivity index (χ3v) is 19.8. The number of fused-ring (bicyclic) bond motifs is 3. The van der Waals surface area contributed by atoms with E-state index in [1.54, 1.807) is 24.5 Å². The second-order valence-electron chi connectivity index (χ2n) is 25.0. The number of piperidine rings is 1. The second-order valence-corrected chi connectivity index (χ2v) is 25.9. The van der Waals surface area contributed by atoms with Crippen LogP contribution in [-0.2, 0) is 51.0 Å². The molecule has 4 atom stereocenters. The highest BCUT2D eigenvalue weighted by Crippen LogP contribution is 2.41. The number of carbonyl (C=O) groups excluding carboxylic acids is 3. The Morgan fingerprint density at radius 3 is 2.13 bits per heavy atom. The van der Waals surface area contributed by atoms with E-state index in [-0.39, 0.29) is 53.7 Å². The number of rotatable bonds is 31. The number of hydrogen-bond acceptors (Lipinski definition) is 19. The molecular weight excluding hydrogens is 1200 g/mol. The number of piperazine rings is 1. The molecule has 11 rings (SSSR count). The number of benzene rings is 4. The Hall–Kier alpha value is -7.02. The number of likely N-dealkylation sites (tertiary alicyclic amines) is 2. The molecule has 1 unspecified atom stereocenters. The molecule has 3 saturated heterocycles. The molecule has 21 nitrogen and oxygen atoms in total. The molecule has 3 amide bonds. The summed E-state index contributed by atoms with van der Waals surface area (Å²) in [6.07, 6.45) is 11.0. The Bertz CT molecular complexity index is 3440. The highest BCUT2D eigenvalue weighted by atomic mass is 32.1. The van der Waals surface area contributed by atoms with Crippen LogP contribution >= 0.6 is 11.3 Å². The molecule has 500 valence electrons. The smallest absolute Gasteiger partial charge is 0.318 e. The van der Waals surface area contributed by atoms with Crippen molar-refractivity contribution in [2.75, 3.05) is 142 Å². The predicted octanol–water partition coefficient (Wildman–Crippen LogP) is 8.74. The number of nitrogens with zero attached hydrogens (tertiary/aromatic N) is 8. The van der Waals surface area contributed by atoms with E-state index in [1.807, 2.05) is 59.2 Å². The van der Waals surface area contributed by atoms with Gasteiger partial charge in [0.15, 0.2) is 0 Å². The Kier molecular flexibility index (Phi) is 24.2. The number of aromatic hydroxyl groups is 1. The third kappa shape index (κ3) is 17.5. The molecule has 93 heavy (non-hydrogen) atoms. The fraction of sp³-hybridized carbons (Fsp3) is 0.549. The van der Waals surface area contributed by atoms with E-state index in [2.05, 4.69) is 68.5 Å². The summed E-state index contributed by atoms with van der Waals surface area (Å²) in [7, 11) is 1.77. The van der Waals surface area contributed by atoms with E-state index in [0.29, 0.717) is 111 Å². The van der Waals surface area contributed by atoms with Gasteiger partial charge in [-0.2, -0.15) is 9.97 Å². The standard InChI is InChI=1S/C71H94N10O11S/c1-5-65(83)78-30-32-79(33-31-78)67-59-25-29-80(63-45-53(82)44-52-16-9-10-17-55(52)63)47-60(59)74-71(76-67)92-49(2)46-77-27-23-54(24-28-77)90-42-40-88-38-36-86-34-35-87-37-39-89-41-43-91-64-22-21-57(56-18-11-12-19-58(56)64)61-48-93-69(73-61)62-20-13-26-81(62)70(85)66(51-14-7-6-8-15-51)75-68(84)50(3)72-4/h5,9-12,16-19,21-22,44-45,48-51,54,62,66,72,82H,1,6-8,13-15,20,23-43,46-47H2,2-4H3,(H,75,84)/t49-,50+,62+,66?/m1/s1. The van der Waals surface area contributed by atoms with Crippen LogP contribution in [0.3, 0.4) is 0 Å². The van der Waals surface area contributed by atoms with Crippen LogP contribution in [0.2, 0.25) is 0 Å². The number of hydrogen-bond donors (Lipinski definition) is 3. The van der Waals surface area contributed by atoms with Crippen LogP contribution in [0, 0.1) is 5.92 Å². The summed E-state index contributed by atoms with van der Waals surface area (Å²) in [6.45, 7) is 19.1. The summed E-state index contributed by atoms with van der Waals surface area (Å²) in [5.41, 5.74) is 4.87. The lowest BCUT2D eigenvalue weighted by atomic mass is 9.83. The van der Waals surface area contributed by atoms with Crippen LogP contribution < -0.4 is 29.9 Å². The molecular formula is C71H94N10O11S. The predicted molar refractivity (Wildman–Crippen MR) is 361 cm³/mol. The second kappa shape index (κ2) is 33.4. The highest BCUT2D eigenvalue weighted by Gasteiger charge is 2.40. The van der Waals surface area contributed by atoms with Crippen molar-refractivity contribution in [3.8, 4) is 28.8 Å². The van der Waals surface area contributed by atoms with Crippen LogP contribution in [0.1, 0.15) is 93.9 Å². The molecule has 3 N–H and O–H groups in total. The van der Waals surface area contributed by atoms with Crippen molar-refractivity contribution >= 4 is 62.1 Å². The molecule has 4 aromatic carbocycles. The van der Waals surface area contributed by atoms with Gasteiger partial charge in [0.1, 0.15) is 41.1 Å². The average molecular weight is 1300 g/mol. The van der Waals surface area contributed by atoms with Gasteiger partial charge >= 0.3 is 6.01 Å². The molecule has 0 radical (unpaired) electrons. The molecule has 0 bridgehead atoms. The van der Waals surface area contributed by atoms with Gasteiger partial charge in [-0.3, -0.25) is 19.3 Å². The van der Waals surface area contributed by atoms with Crippen molar-refractivity contribution in [2.45, 2.75) is 115 Å². The van der Waals surface area contributed by atoms with Crippen LogP contribution in [-0.4, -0.2) is 209 Å². The van der Waals surface area contributed by atoms with Crippen molar-refractivity contribution in [3.63, 3.8) is 0 Å². The van der Waals surface area contributed by atoms with E-state index < -0.39 is 6.04 Å². The molecule has 1 saturated carbocycles. The third-order valence-electron chi connectivity index (χ3n) is 18.8. The maximum Gasteiger partial charge on any atom is 0.318 e. The number of ether oxygens (including phenoxy) is 7. The quantitative estimate of drug-likeness (QED) is 0.0274. The summed E-state index contributed by atoms with van der Waals surface area (Å²) < 4.78 is 42.2. The van der Waals surface area contributed by atoms with Crippen molar-refractivity contribution in [2.24, 2.45) is 5.92 Å². The highest BCUT2D eigenvalue weighted by molar-refractivity contribution is 7.10. The van der Waals surface area contributed by atoms with E-state index >= 15 is 0 Å². The van der Waals surface area contributed by atoms with Gasteiger partial charge in [-0.1, -0.05) is 74.4 Å². The fourth-order valence-corrected chi connectivity index (χ4v) is 14.7. The maximum atomic E-state index is 14.4. The summed E-state index contributed by atoms with van der Waals surface area (Å²) in [5, 5.41) is 24.0. The Balaban J connectivity index is 0.541. The zero-order valence-corrected chi connectivity index (χ0v) is 55.3. The number of phenolic OH excluding ortho intramolecular Hbond substituents is 1. The monoisotopic (exact) mass is 1290 g/mol. The van der Waals surface area contributed by atoms with E-state index in [0.717, 1.165) is 150 Å². The van der Waals surface area contributed by atoms with Gasteiger partial charge in [-0.25, -0.2) is 4.98 Å². The minimum atomic E-state index is -0.531. The van der Waals surface area contributed by atoms with Crippen LogP contribution in [0.4, 0.5) is 11.5 Å². The first kappa shape index (κ1) is 67.4. The summed E-state index contributed by atoms with van der Waals surface area (Å²) in [4.78, 5) is 66.0. The lowest BCUT2D eigenvalue weighted by Gasteiger charge is -2.38. The number of thiazole rings is 1. The van der Waals surface area contributed by atoms with Crippen molar-refractivity contribution in [1.82, 2.24) is 40.3 Å². The lowest BCUT2D eigenvalue weighted by molar-refractivity contribution is -0.139. The lowest BCUT2D eigenvalue weighted by Crippen LogP contribution is -2.55. The van der Waals surface area contributed by atoms with Crippen LogP contribution in [0.5, 0.6) is 17.5 Å². The van der Waals surface area contributed by atoms with Crippen molar-refractivity contribution in [3.05, 3.63) is 107 Å². The maximum absolute atomic E-state index is 14.4. The number of phenols is 1. The topological polar surface area (TPSA) is 215 Å². The normalized spacial score (nSPS) is 18.6. The van der Waals surface area contributed by atoms with Crippen LogP contribution in [0.25, 0.3) is 32.8 Å². The number of amides is 3. The first-order valence-electron chi connectivity index (χ1n) is 33.7. The van der Waals surface area contributed by atoms with Crippen LogP contribution in [0.15, 0.2) is 90.8 Å². The van der Waals surface area contributed by atoms with Gasteiger partial charge in [-0.05, 0) is 107 Å². The van der Waals surface area contributed by atoms with Crippen molar-refractivity contribution < 1.29 is 52.6 Å². The number of likely N-dealkylation sites (N-methyl/N-ethyl adjacent to an activating group) is 1. The Labute approximate surface area is 551 Å². The first-order valence-corrected chi connectivity index (χ1v) is 34.6. The number of aromatic nitrogens is 3. The van der Waals surface area contributed by atoms with Gasteiger partial charge in [0.2, 0.25) is 17.7 Å². The summed E-state index contributed by atoms with van der Waals surface area (Å²) in [5.74, 6) is 1.84. The molecule has 4 fully saturated rings. The average Bonchev–Trinajstić information content (AvgIpc) is 1.77. The van der Waals surface area contributed by atoms with Crippen molar-refractivity contribution in [1.29, 1.82) is 0 Å². The minimum Gasteiger partial charge on any atom is -0.508 e. The van der Waals surface area contributed by atoms with Gasteiger partial charge in [0, 0.05) is 97.9 Å². The molecule has 0 spiro atoms. The Morgan fingerprint density at radius 1 is 0.720 bits per heavy atom. The minimum absolute atomic E-state index is 0.0156. The van der Waals surface area contributed by atoms with E-state index in [1.165, 1.54) is 12.5 Å². The van der Waals surface area contributed by atoms with E-state index in [4.69, 9.17) is 48.1 Å². The number of carbonyl (C=O) groups is 3. The number of anilines is 2. The zero-order chi connectivity index (χ0) is 64.5. The van der Waals surface area contributed by atoms with Gasteiger partial charge in [0.05, 0.1) is 95.6 Å². The molecule has 6 aromatic rings. The fourth-order valence-electron chi connectivity index (χ4n) is 13.7. The van der Waals surface area contributed by atoms with E-state index in [9.17, 15) is 19.5 Å². The SMILES string of the molecule is C=CC(=O)N1CCN(c2nc(O[C@H](C)CN3CCC(OCCOCCOCCOCCOCCOc4ccc(-c5csc([C@@H]6CCCN6C(=O)C(NC(=O)[C@H](C)NC)C6CCCCC6)n5)c5ccccc45)CC3)nc3c2CCN(c2cc(O)cc4ccccc24)C3)CC1.